The number of para-hydroxylation sites is 1. The van der Waals surface area contributed by atoms with Gasteiger partial charge in [0.2, 0.25) is 0 Å². The molecule has 0 heterocycles. The third-order valence-corrected chi connectivity index (χ3v) is 4.46. The summed E-state index contributed by atoms with van der Waals surface area (Å²) in [4.78, 5) is 0.195. The Morgan fingerprint density at radius 1 is 1.41 bits per heavy atom. The molecule has 3 N–H and O–H groups in total. The highest BCUT2D eigenvalue weighted by molar-refractivity contribution is 7.90. The predicted molar refractivity (Wildman–Crippen MR) is 69.8 cm³/mol. The van der Waals surface area contributed by atoms with Crippen LogP contribution in [-0.4, -0.2) is 20.7 Å². The lowest BCUT2D eigenvalue weighted by Crippen LogP contribution is -2.12. The van der Waals surface area contributed by atoms with Crippen LogP contribution in [0.1, 0.15) is 20.3 Å². The van der Waals surface area contributed by atoms with E-state index >= 15 is 0 Å². The molecule has 0 saturated heterocycles. The third-order valence-electron chi connectivity index (χ3n) is 3.31. The molecule has 1 aromatic rings. The van der Waals surface area contributed by atoms with Crippen molar-refractivity contribution in [3.05, 3.63) is 18.2 Å². The number of hydrogen-bond acceptors (Lipinski definition) is 4. The fourth-order valence-corrected chi connectivity index (χ4v) is 2.73. The van der Waals surface area contributed by atoms with Gasteiger partial charge in [-0.15, -0.1) is 0 Å². The van der Waals surface area contributed by atoms with E-state index in [0.717, 1.165) is 6.42 Å². The van der Waals surface area contributed by atoms with E-state index in [-0.39, 0.29) is 10.3 Å². The zero-order chi connectivity index (χ0) is 12.8. The average Bonchev–Trinajstić information content (AvgIpc) is 2.75. The molecule has 0 amide bonds. The second-order valence-electron chi connectivity index (χ2n) is 5.38. The number of sulfone groups is 1. The Labute approximate surface area is 102 Å². The van der Waals surface area contributed by atoms with Crippen molar-refractivity contribution in [3.63, 3.8) is 0 Å². The number of nitrogens with one attached hydrogen (secondary N) is 1. The van der Waals surface area contributed by atoms with Crippen molar-refractivity contribution in [1.29, 1.82) is 0 Å². The van der Waals surface area contributed by atoms with Gasteiger partial charge in [0, 0.05) is 12.3 Å². The van der Waals surface area contributed by atoms with Gasteiger partial charge in [0.1, 0.15) is 0 Å². The molecular weight excluding hydrogens is 236 g/mol. The molecule has 1 atom stereocenters. The first-order valence-corrected chi connectivity index (χ1v) is 7.46. The van der Waals surface area contributed by atoms with Crippen LogP contribution in [0.25, 0.3) is 0 Å². The summed E-state index contributed by atoms with van der Waals surface area (Å²) >= 11 is 0. The second kappa shape index (κ2) is 3.63. The molecule has 4 nitrogen and oxygen atoms in total. The molecule has 1 aliphatic carbocycles. The zero-order valence-corrected chi connectivity index (χ0v) is 11.1. The fraction of sp³-hybridized carbons (Fsp3) is 0.500. The number of hydrogen-bond donors (Lipinski definition) is 2. The van der Waals surface area contributed by atoms with Crippen molar-refractivity contribution in [1.82, 2.24) is 0 Å². The second-order valence-corrected chi connectivity index (χ2v) is 7.36. The highest BCUT2D eigenvalue weighted by Crippen LogP contribution is 2.47. The standard InChI is InChI=1S/C12H18N2O2S/c1-12(2)7-10(12)14-8-5-4-6-9(11(8)13)17(3,15)16/h4-6,10,14H,7,13H2,1-3H3. The molecule has 0 aromatic heterocycles. The Bertz CT molecular complexity index is 550. The van der Waals surface area contributed by atoms with Crippen LogP contribution in [0.2, 0.25) is 0 Å². The van der Waals surface area contributed by atoms with Gasteiger partial charge in [-0.1, -0.05) is 19.9 Å². The molecule has 0 bridgehead atoms. The van der Waals surface area contributed by atoms with E-state index in [9.17, 15) is 8.42 Å². The van der Waals surface area contributed by atoms with Crippen LogP contribution < -0.4 is 11.1 Å². The lowest BCUT2D eigenvalue weighted by molar-refractivity contribution is 0.602. The number of anilines is 2. The van der Waals surface area contributed by atoms with Gasteiger partial charge >= 0.3 is 0 Å². The highest BCUT2D eigenvalue weighted by Gasteiger charge is 2.45. The van der Waals surface area contributed by atoms with Crippen LogP contribution in [0.3, 0.4) is 0 Å². The minimum absolute atomic E-state index is 0.195. The predicted octanol–water partition coefficient (Wildman–Crippen LogP) is 1.88. The van der Waals surface area contributed by atoms with Gasteiger partial charge in [-0.05, 0) is 24.0 Å². The van der Waals surface area contributed by atoms with Crippen molar-refractivity contribution < 1.29 is 8.42 Å². The van der Waals surface area contributed by atoms with Crippen molar-refractivity contribution in [2.45, 2.75) is 31.2 Å². The minimum atomic E-state index is -3.27. The topological polar surface area (TPSA) is 72.2 Å². The molecule has 17 heavy (non-hydrogen) atoms. The number of nitrogen functional groups attached to an aromatic ring is 1. The van der Waals surface area contributed by atoms with Crippen molar-refractivity contribution in [3.8, 4) is 0 Å². The largest absolute Gasteiger partial charge is 0.396 e. The SMILES string of the molecule is CC1(C)CC1Nc1cccc(S(C)(=O)=O)c1N. The van der Waals surface area contributed by atoms with Gasteiger partial charge in [-0.3, -0.25) is 0 Å². The first-order valence-electron chi connectivity index (χ1n) is 5.57. The zero-order valence-electron chi connectivity index (χ0n) is 10.3. The van der Waals surface area contributed by atoms with E-state index in [1.54, 1.807) is 6.07 Å². The maximum absolute atomic E-state index is 11.5. The molecule has 1 aromatic carbocycles. The molecule has 0 aliphatic heterocycles. The molecule has 94 valence electrons. The van der Waals surface area contributed by atoms with Gasteiger partial charge < -0.3 is 11.1 Å². The lowest BCUT2D eigenvalue weighted by atomic mass is 10.2. The van der Waals surface area contributed by atoms with Crippen LogP contribution in [0.15, 0.2) is 23.1 Å². The smallest absolute Gasteiger partial charge is 0.177 e. The third kappa shape index (κ3) is 2.39. The Morgan fingerprint density at radius 3 is 2.47 bits per heavy atom. The molecule has 1 saturated carbocycles. The minimum Gasteiger partial charge on any atom is -0.396 e. The van der Waals surface area contributed by atoms with Gasteiger partial charge in [-0.25, -0.2) is 8.42 Å². The lowest BCUT2D eigenvalue weighted by Gasteiger charge is -2.13. The Balaban J connectivity index is 2.31. The van der Waals surface area contributed by atoms with Gasteiger partial charge in [0.05, 0.1) is 16.3 Å². The number of nitrogens with two attached hydrogens (primary N) is 1. The highest BCUT2D eigenvalue weighted by atomic mass is 32.2. The summed E-state index contributed by atoms with van der Waals surface area (Å²) in [6, 6.07) is 5.44. The van der Waals surface area contributed by atoms with Crippen molar-refractivity contribution >= 4 is 21.2 Å². The summed E-state index contributed by atoms with van der Waals surface area (Å²) in [6.07, 6.45) is 2.25. The molecule has 2 rings (SSSR count). The van der Waals surface area contributed by atoms with E-state index in [4.69, 9.17) is 5.73 Å². The van der Waals surface area contributed by atoms with Crippen molar-refractivity contribution in [2.75, 3.05) is 17.3 Å². The number of rotatable bonds is 3. The van der Waals surface area contributed by atoms with E-state index in [1.807, 2.05) is 6.07 Å². The molecule has 1 fully saturated rings. The molecule has 1 unspecified atom stereocenters. The molecular formula is C12H18N2O2S. The van der Waals surface area contributed by atoms with Crippen LogP contribution >= 0.6 is 0 Å². The van der Waals surface area contributed by atoms with Gasteiger partial charge in [0.15, 0.2) is 9.84 Å². The molecule has 0 spiro atoms. The summed E-state index contributed by atoms with van der Waals surface area (Å²) in [7, 11) is -3.27. The van der Waals surface area contributed by atoms with Crippen molar-refractivity contribution in [2.24, 2.45) is 5.41 Å². The van der Waals surface area contributed by atoms with E-state index in [2.05, 4.69) is 19.2 Å². The Morgan fingerprint density at radius 2 is 2.00 bits per heavy atom. The summed E-state index contributed by atoms with van der Waals surface area (Å²) in [5.74, 6) is 0. The average molecular weight is 254 g/mol. The Hall–Kier alpha value is -1.23. The van der Waals surface area contributed by atoms with Crippen LogP contribution in [0.5, 0.6) is 0 Å². The summed E-state index contributed by atoms with van der Waals surface area (Å²) in [5, 5.41) is 3.30. The summed E-state index contributed by atoms with van der Waals surface area (Å²) in [6.45, 7) is 4.34. The monoisotopic (exact) mass is 254 g/mol. The maximum Gasteiger partial charge on any atom is 0.177 e. The van der Waals surface area contributed by atoms with E-state index in [0.29, 0.717) is 17.4 Å². The van der Waals surface area contributed by atoms with Crippen LogP contribution in [0.4, 0.5) is 11.4 Å². The number of benzene rings is 1. The van der Waals surface area contributed by atoms with Crippen LogP contribution in [0, 0.1) is 5.41 Å². The molecule has 1 aliphatic rings. The fourth-order valence-electron chi connectivity index (χ4n) is 1.89. The Kier molecular flexibility index (Phi) is 2.61. The van der Waals surface area contributed by atoms with E-state index < -0.39 is 9.84 Å². The molecule has 0 radical (unpaired) electrons. The van der Waals surface area contributed by atoms with E-state index in [1.165, 1.54) is 12.3 Å². The van der Waals surface area contributed by atoms with Gasteiger partial charge in [-0.2, -0.15) is 0 Å². The quantitative estimate of drug-likeness (QED) is 0.808. The molecule has 5 heteroatoms. The van der Waals surface area contributed by atoms with Gasteiger partial charge in [0.25, 0.3) is 0 Å². The normalized spacial score (nSPS) is 22.2. The van der Waals surface area contributed by atoms with Crippen LogP contribution in [-0.2, 0) is 9.84 Å². The first kappa shape index (κ1) is 12.2. The summed E-state index contributed by atoms with van der Waals surface area (Å²) in [5.41, 5.74) is 7.19. The maximum atomic E-state index is 11.5. The summed E-state index contributed by atoms with van der Waals surface area (Å²) < 4.78 is 23.1. The first-order chi connectivity index (χ1) is 7.72.